The van der Waals surface area contributed by atoms with Gasteiger partial charge in [-0.2, -0.15) is 0 Å². The number of rotatable bonds is 3. The van der Waals surface area contributed by atoms with Crippen LogP contribution in [0.1, 0.15) is 30.5 Å². The lowest BCUT2D eigenvalue weighted by molar-refractivity contribution is -0.137. The van der Waals surface area contributed by atoms with Crippen molar-refractivity contribution in [2.75, 3.05) is 6.61 Å². The third-order valence-electron chi connectivity index (χ3n) is 2.30. The Morgan fingerprint density at radius 2 is 1.81 bits per heavy atom. The average Bonchev–Trinajstić information content (AvgIpc) is 2.16. The predicted octanol–water partition coefficient (Wildman–Crippen LogP) is 3.27. The van der Waals surface area contributed by atoms with Crippen LogP contribution in [0.25, 0.3) is 5.57 Å². The van der Waals surface area contributed by atoms with Crippen molar-refractivity contribution in [2.45, 2.75) is 27.7 Å². The number of hydrogen-bond acceptors (Lipinski definition) is 2. The summed E-state index contributed by atoms with van der Waals surface area (Å²) >= 11 is 0. The van der Waals surface area contributed by atoms with E-state index >= 15 is 0 Å². The van der Waals surface area contributed by atoms with E-state index in [9.17, 15) is 4.79 Å². The molecule has 0 atom stereocenters. The van der Waals surface area contributed by atoms with E-state index in [0.717, 1.165) is 11.1 Å². The number of esters is 1. The van der Waals surface area contributed by atoms with Gasteiger partial charge in [-0.3, -0.25) is 0 Å². The molecule has 16 heavy (non-hydrogen) atoms. The van der Waals surface area contributed by atoms with Crippen molar-refractivity contribution in [3.8, 4) is 0 Å². The molecule has 1 aromatic rings. The summed E-state index contributed by atoms with van der Waals surface area (Å²) in [6, 6.07) is 6.25. The lowest BCUT2D eigenvalue weighted by Gasteiger charge is -2.05. The molecule has 0 heterocycles. The van der Waals surface area contributed by atoms with Crippen LogP contribution in [0.5, 0.6) is 0 Å². The van der Waals surface area contributed by atoms with Gasteiger partial charge in [0.15, 0.2) is 0 Å². The van der Waals surface area contributed by atoms with Crippen LogP contribution in [0.2, 0.25) is 0 Å². The molecule has 0 unspecified atom stereocenters. The summed E-state index contributed by atoms with van der Waals surface area (Å²) in [7, 11) is 0. The van der Waals surface area contributed by atoms with E-state index in [1.807, 2.05) is 20.8 Å². The summed E-state index contributed by atoms with van der Waals surface area (Å²) in [5.41, 5.74) is 4.41. The van der Waals surface area contributed by atoms with E-state index < -0.39 is 0 Å². The molecule has 86 valence electrons. The minimum Gasteiger partial charge on any atom is -0.463 e. The fraction of sp³-hybridized carbons (Fsp3) is 0.357. The van der Waals surface area contributed by atoms with Crippen LogP contribution in [-0.2, 0) is 9.53 Å². The largest absolute Gasteiger partial charge is 0.463 e. The third kappa shape index (κ3) is 3.54. The molecule has 0 saturated carbocycles. The topological polar surface area (TPSA) is 26.3 Å². The first-order chi connectivity index (χ1) is 7.52. The second kappa shape index (κ2) is 5.50. The maximum Gasteiger partial charge on any atom is 0.331 e. The fourth-order valence-corrected chi connectivity index (χ4v) is 1.65. The number of benzene rings is 1. The van der Waals surface area contributed by atoms with Gasteiger partial charge < -0.3 is 4.74 Å². The molecule has 0 aliphatic carbocycles. The van der Waals surface area contributed by atoms with Crippen LogP contribution in [0, 0.1) is 13.8 Å². The molecular weight excluding hydrogens is 200 g/mol. The van der Waals surface area contributed by atoms with E-state index in [2.05, 4.69) is 18.2 Å². The number of aryl methyl sites for hydroxylation is 2. The summed E-state index contributed by atoms with van der Waals surface area (Å²) in [6.07, 6.45) is 1.54. The molecule has 0 spiro atoms. The highest BCUT2D eigenvalue weighted by molar-refractivity contribution is 5.90. The van der Waals surface area contributed by atoms with Crippen molar-refractivity contribution >= 4 is 11.5 Å². The van der Waals surface area contributed by atoms with Crippen LogP contribution >= 0.6 is 0 Å². The second-order valence-electron chi connectivity index (χ2n) is 3.96. The van der Waals surface area contributed by atoms with E-state index in [4.69, 9.17) is 4.74 Å². The number of carbonyl (C=O) groups is 1. The van der Waals surface area contributed by atoms with Gasteiger partial charge in [0.05, 0.1) is 6.61 Å². The number of carbonyl (C=O) groups excluding carboxylic acids is 1. The van der Waals surface area contributed by atoms with Crippen LogP contribution in [-0.4, -0.2) is 12.6 Å². The fourth-order valence-electron chi connectivity index (χ4n) is 1.65. The first-order valence-corrected chi connectivity index (χ1v) is 5.46. The molecule has 0 bridgehead atoms. The zero-order valence-electron chi connectivity index (χ0n) is 10.3. The monoisotopic (exact) mass is 218 g/mol. The van der Waals surface area contributed by atoms with Crippen LogP contribution in [0.15, 0.2) is 24.3 Å². The van der Waals surface area contributed by atoms with E-state index in [-0.39, 0.29) is 5.97 Å². The minimum atomic E-state index is -0.279. The van der Waals surface area contributed by atoms with Gasteiger partial charge in [-0.15, -0.1) is 0 Å². The molecule has 1 rings (SSSR count). The average molecular weight is 218 g/mol. The summed E-state index contributed by atoms with van der Waals surface area (Å²) in [4.78, 5) is 11.3. The minimum absolute atomic E-state index is 0.279. The van der Waals surface area contributed by atoms with Crippen molar-refractivity contribution in [1.29, 1.82) is 0 Å². The molecule has 0 aromatic heterocycles. The molecule has 0 radical (unpaired) electrons. The van der Waals surface area contributed by atoms with Gasteiger partial charge in [0.1, 0.15) is 0 Å². The zero-order valence-corrected chi connectivity index (χ0v) is 10.3. The van der Waals surface area contributed by atoms with Gasteiger partial charge in [-0.05, 0) is 38.8 Å². The molecule has 0 saturated heterocycles. The molecular formula is C14H18O2. The molecule has 1 aromatic carbocycles. The molecule has 0 fully saturated rings. The van der Waals surface area contributed by atoms with Crippen molar-refractivity contribution in [3.63, 3.8) is 0 Å². The van der Waals surface area contributed by atoms with Gasteiger partial charge in [-0.25, -0.2) is 4.79 Å². The first-order valence-electron chi connectivity index (χ1n) is 5.46. The highest BCUT2D eigenvalue weighted by Crippen LogP contribution is 2.17. The smallest absolute Gasteiger partial charge is 0.331 e. The van der Waals surface area contributed by atoms with Crippen molar-refractivity contribution in [1.82, 2.24) is 0 Å². The van der Waals surface area contributed by atoms with Crippen LogP contribution < -0.4 is 0 Å². The lowest BCUT2D eigenvalue weighted by Crippen LogP contribution is -2.00. The molecule has 2 heteroatoms. The van der Waals surface area contributed by atoms with Gasteiger partial charge in [0, 0.05) is 6.08 Å². The molecule has 0 aliphatic heterocycles. The second-order valence-corrected chi connectivity index (χ2v) is 3.96. The number of ether oxygens (including phenoxy) is 1. The maximum absolute atomic E-state index is 11.3. The quantitative estimate of drug-likeness (QED) is 0.575. The van der Waals surface area contributed by atoms with Crippen molar-refractivity contribution in [2.24, 2.45) is 0 Å². The Labute approximate surface area is 96.9 Å². The standard InChI is InChI=1S/C14H18O2/c1-5-16-14(15)9-12(4)13-7-10(2)6-11(3)8-13/h6-9H,5H2,1-4H3/b12-9-. The Kier molecular flexibility index (Phi) is 4.29. The molecule has 2 nitrogen and oxygen atoms in total. The van der Waals surface area contributed by atoms with E-state index in [1.165, 1.54) is 17.2 Å². The highest BCUT2D eigenvalue weighted by atomic mass is 16.5. The molecule has 0 aliphatic rings. The summed E-state index contributed by atoms with van der Waals surface area (Å²) in [5.74, 6) is -0.279. The van der Waals surface area contributed by atoms with E-state index in [1.54, 1.807) is 6.92 Å². The Bertz CT molecular complexity index is 396. The highest BCUT2D eigenvalue weighted by Gasteiger charge is 2.02. The SMILES string of the molecule is CCOC(=O)/C=C(/C)c1cc(C)cc(C)c1. The van der Waals surface area contributed by atoms with E-state index in [0.29, 0.717) is 6.61 Å². The Morgan fingerprint density at radius 3 is 2.31 bits per heavy atom. The van der Waals surface area contributed by atoms with Gasteiger partial charge in [0.2, 0.25) is 0 Å². The van der Waals surface area contributed by atoms with Gasteiger partial charge >= 0.3 is 5.97 Å². The number of allylic oxidation sites excluding steroid dienone is 1. The molecule has 0 N–H and O–H groups in total. The Hall–Kier alpha value is -1.57. The Morgan fingerprint density at radius 1 is 1.25 bits per heavy atom. The first kappa shape index (κ1) is 12.5. The number of hydrogen-bond donors (Lipinski definition) is 0. The van der Waals surface area contributed by atoms with Gasteiger partial charge in [0.25, 0.3) is 0 Å². The van der Waals surface area contributed by atoms with Crippen molar-refractivity contribution in [3.05, 3.63) is 41.0 Å². The summed E-state index contributed by atoms with van der Waals surface area (Å²) in [5, 5.41) is 0. The maximum atomic E-state index is 11.3. The third-order valence-corrected chi connectivity index (χ3v) is 2.30. The van der Waals surface area contributed by atoms with Crippen LogP contribution in [0.3, 0.4) is 0 Å². The summed E-state index contributed by atoms with van der Waals surface area (Å²) in [6.45, 7) is 8.24. The Balaban J connectivity index is 2.95. The lowest BCUT2D eigenvalue weighted by atomic mass is 10.0. The molecule has 0 amide bonds. The zero-order chi connectivity index (χ0) is 12.1. The normalized spacial score (nSPS) is 11.4. The summed E-state index contributed by atoms with van der Waals surface area (Å²) < 4.78 is 4.88. The van der Waals surface area contributed by atoms with Crippen LogP contribution in [0.4, 0.5) is 0 Å². The van der Waals surface area contributed by atoms with Gasteiger partial charge in [-0.1, -0.05) is 29.3 Å². The predicted molar refractivity (Wildman–Crippen MR) is 66.2 cm³/mol. The van der Waals surface area contributed by atoms with Crippen molar-refractivity contribution < 1.29 is 9.53 Å².